The number of allylic oxidation sites excluding steroid dienone is 4. The van der Waals surface area contributed by atoms with Crippen molar-refractivity contribution >= 4 is 5.97 Å². The zero-order chi connectivity index (χ0) is 22.8. The van der Waals surface area contributed by atoms with E-state index in [2.05, 4.69) is 32.1 Å². The summed E-state index contributed by atoms with van der Waals surface area (Å²) in [6, 6.07) is 11.6. The predicted octanol–water partition coefficient (Wildman–Crippen LogP) is 6.60. The molecule has 2 rings (SSSR count). The van der Waals surface area contributed by atoms with Crippen molar-refractivity contribution < 1.29 is 20.1 Å². The molecule has 0 aliphatic rings. The highest BCUT2D eigenvalue weighted by Crippen LogP contribution is 2.35. The molecule has 166 valence electrons. The maximum Gasteiger partial charge on any atom is 0.339 e. The van der Waals surface area contributed by atoms with E-state index in [0.717, 1.165) is 37.7 Å². The van der Waals surface area contributed by atoms with Gasteiger partial charge in [0.05, 0.1) is 0 Å². The quantitative estimate of drug-likeness (QED) is 0.282. The van der Waals surface area contributed by atoms with Gasteiger partial charge in [-0.15, -0.1) is 0 Å². The summed E-state index contributed by atoms with van der Waals surface area (Å²) in [6.45, 7) is 6.13. The van der Waals surface area contributed by atoms with E-state index in [1.807, 2.05) is 31.2 Å². The van der Waals surface area contributed by atoms with Crippen LogP contribution in [0.2, 0.25) is 0 Å². The van der Waals surface area contributed by atoms with Crippen LogP contribution in [0.1, 0.15) is 73.5 Å². The average molecular weight is 423 g/mol. The van der Waals surface area contributed by atoms with Gasteiger partial charge in [-0.25, -0.2) is 4.79 Å². The van der Waals surface area contributed by atoms with Crippen molar-refractivity contribution in [2.24, 2.45) is 0 Å². The zero-order valence-corrected chi connectivity index (χ0v) is 18.8. The molecule has 0 heterocycles. The third-order valence-corrected chi connectivity index (χ3v) is 5.43. The molecule has 4 nitrogen and oxygen atoms in total. The molecule has 0 radical (unpaired) electrons. The topological polar surface area (TPSA) is 77.8 Å². The van der Waals surface area contributed by atoms with E-state index in [4.69, 9.17) is 0 Å². The van der Waals surface area contributed by atoms with Gasteiger partial charge in [-0.05, 0) is 82.9 Å². The van der Waals surface area contributed by atoms with E-state index in [0.29, 0.717) is 18.4 Å². The van der Waals surface area contributed by atoms with Crippen LogP contribution in [0, 0.1) is 0 Å². The number of carbonyl (C=O) groups is 1. The average Bonchev–Trinajstić information content (AvgIpc) is 2.71. The van der Waals surface area contributed by atoms with Gasteiger partial charge in [0.1, 0.15) is 17.1 Å². The molecule has 0 aliphatic carbocycles. The highest BCUT2D eigenvalue weighted by atomic mass is 16.4. The first-order chi connectivity index (χ1) is 14.8. The molecule has 2 aromatic rings. The number of benzene rings is 2. The number of hydrogen-bond acceptors (Lipinski definition) is 3. The molecular formula is C27H34O4. The maximum atomic E-state index is 11.8. The zero-order valence-electron chi connectivity index (χ0n) is 18.8. The Morgan fingerprint density at radius 3 is 2.29 bits per heavy atom. The molecule has 0 spiro atoms. The Labute approximate surface area is 185 Å². The van der Waals surface area contributed by atoms with Crippen molar-refractivity contribution in [1.29, 1.82) is 0 Å². The van der Waals surface area contributed by atoms with Crippen molar-refractivity contribution in [2.75, 3.05) is 0 Å². The Kier molecular flexibility index (Phi) is 9.39. The Morgan fingerprint density at radius 2 is 1.65 bits per heavy atom. The van der Waals surface area contributed by atoms with E-state index < -0.39 is 5.97 Å². The molecule has 0 bridgehead atoms. The second kappa shape index (κ2) is 12.0. The lowest BCUT2D eigenvalue weighted by molar-refractivity contribution is 0.0692. The van der Waals surface area contributed by atoms with Gasteiger partial charge in [-0.3, -0.25) is 0 Å². The van der Waals surface area contributed by atoms with Crippen LogP contribution in [-0.4, -0.2) is 21.3 Å². The number of aryl methyl sites for hydroxylation is 2. The van der Waals surface area contributed by atoms with Gasteiger partial charge in [0.25, 0.3) is 0 Å². The van der Waals surface area contributed by atoms with Crippen LogP contribution in [0.4, 0.5) is 0 Å². The molecule has 0 aliphatic heterocycles. The standard InChI is InChI=1S/C27H34O4/c1-19(2)10-9-11-20(3)16-17-23-24(28)18-22(25(26(23)29)27(30)31)15-8-7-14-21-12-5-4-6-13-21/h4-6,10,12-13,16,18,28-29H,7-9,11,14-15,17H2,1-3H3,(H,30,31)/b20-16+. The van der Waals surface area contributed by atoms with Gasteiger partial charge in [0, 0.05) is 5.56 Å². The number of carboxylic acids is 1. The Hall–Kier alpha value is -3.01. The maximum absolute atomic E-state index is 11.8. The van der Waals surface area contributed by atoms with E-state index in [1.165, 1.54) is 17.2 Å². The van der Waals surface area contributed by atoms with Crippen molar-refractivity contribution in [2.45, 2.75) is 65.7 Å². The largest absolute Gasteiger partial charge is 0.508 e. The van der Waals surface area contributed by atoms with Gasteiger partial charge in [-0.2, -0.15) is 0 Å². The summed E-state index contributed by atoms with van der Waals surface area (Å²) < 4.78 is 0. The molecule has 0 aromatic heterocycles. The summed E-state index contributed by atoms with van der Waals surface area (Å²) in [5.41, 5.74) is 4.30. The molecular weight excluding hydrogens is 388 g/mol. The summed E-state index contributed by atoms with van der Waals surface area (Å²) >= 11 is 0. The van der Waals surface area contributed by atoms with Crippen LogP contribution in [0.25, 0.3) is 0 Å². The molecule has 0 atom stereocenters. The minimum atomic E-state index is -1.17. The van der Waals surface area contributed by atoms with E-state index in [9.17, 15) is 20.1 Å². The van der Waals surface area contributed by atoms with Gasteiger partial charge in [0.15, 0.2) is 0 Å². The third-order valence-electron chi connectivity index (χ3n) is 5.43. The van der Waals surface area contributed by atoms with Crippen LogP contribution < -0.4 is 0 Å². The normalized spacial score (nSPS) is 11.4. The fourth-order valence-corrected chi connectivity index (χ4v) is 3.64. The number of unbranched alkanes of at least 4 members (excludes halogenated alkanes) is 1. The monoisotopic (exact) mass is 422 g/mol. The van der Waals surface area contributed by atoms with E-state index >= 15 is 0 Å². The lowest BCUT2D eigenvalue weighted by atomic mass is 9.94. The number of carboxylic acid groups (broad SMARTS) is 1. The second-order valence-corrected chi connectivity index (χ2v) is 8.33. The van der Waals surface area contributed by atoms with Crippen molar-refractivity contribution in [1.82, 2.24) is 0 Å². The van der Waals surface area contributed by atoms with Crippen LogP contribution in [0.3, 0.4) is 0 Å². The number of phenolic OH excluding ortho intramolecular Hbond substituents is 1. The Morgan fingerprint density at radius 1 is 0.968 bits per heavy atom. The van der Waals surface area contributed by atoms with Crippen molar-refractivity contribution in [3.05, 3.63) is 82.0 Å². The Balaban J connectivity index is 2.09. The van der Waals surface area contributed by atoms with Gasteiger partial charge in [-0.1, -0.05) is 53.6 Å². The van der Waals surface area contributed by atoms with Crippen molar-refractivity contribution in [3.63, 3.8) is 0 Å². The van der Waals surface area contributed by atoms with Crippen molar-refractivity contribution in [3.8, 4) is 11.5 Å². The van der Waals surface area contributed by atoms with Crippen LogP contribution in [-0.2, 0) is 19.3 Å². The number of hydrogen-bond donors (Lipinski definition) is 3. The SMILES string of the molecule is CC(C)=CCC/C(C)=C/Cc1c(O)cc(CCCCc2ccccc2)c(C(=O)O)c1O. The third kappa shape index (κ3) is 7.63. The minimum Gasteiger partial charge on any atom is -0.508 e. The highest BCUT2D eigenvalue weighted by molar-refractivity contribution is 5.93. The van der Waals surface area contributed by atoms with Crippen LogP contribution >= 0.6 is 0 Å². The lowest BCUT2D eigenvalue weighted by Crippen LogP contribution is -2.06. The smallest absolute Gasteiger partial charge is 0.339 e. The van der Waals surface area contributed by atoms with Crippen LogP contribution in [0.15, 0.2) is 59.7 Å². The fourth-order valence-electron chi connectivity index (χ4n) is 3.64. The molecule has 4 heteroatoms. The molecule has 0 unspecified atom stereocenters. The molecule has 3 N–H and O–H groups in total. The number of phenols is 2. The molecule has 0 fully saturated rings. The molecule has 0 saturated heterocycles. The van der Waals surface area contributed by atoms with Gasteiger partial charge < -0.3 is 15.3 Å². The number of aromatic carboxylic acids is 1. The molecule has 31 heavy (non-hydrogen) atoms. The molecule has 2 aromatic carbocycles. The summed E-state index contributed by atoms with van der Waals surface area (Å²) in [6.07, 6.45) is 9.32. The first-order valence-electron chi connectivity index (χ1n) is 10.9. The highest BCUT2D eigenvalue weighted by Gasteiger charge is 2.21. The predicted molar refractivity (Wildman–Crippen MR) is 126 cm³/mol. The minimum absolute atomic E-state index is 0.0473. The van der Waals surface area contributed by atoms with E-state index in [-0.39, 0.29) is 22.6 Å². The lowest BCUT2D eigenvalue weighted by Gasteiger charge is -2.14. The van der Waals surface area contributed by atoms with Gasteiger partial charge >= 0.3 is 5.97 Å². The fraction of sp³-hybridized carbons (Fsp3) is 0.370. The second-order valence-electron chi connectivity index (χ2n) is 8.33. The van der Waals surface area contributed by atoms with Gasteiger partial charge in [0.2, 0.25) is 0 Å². The first-order valence-corrected chi connectivity index (χ1v) is 10.9. The summed E-state index contributed by atoms with van der Waals surface area (Å²) in [7, 11) is 0. The molecule has 0 saturated carbocycles. The van der Waals surface area contributed by atoms with E-state index in [1.54, 1.807) is 0 Å². The molecule has 0 amide bonds. The Bertz CT molecular complexity index is 935. The summed E-state index contributed by atoms with van der Waals surface area (Å²) in [5.74, 6) is -1.53. The number of rotatable bonds is 11. The summed E-state index contributed by atoms with van der Waals surface area (Å²) in [5, 5.41) is 30.8. The summed E-state index contributed by atoms with van der Waals surface area (Å²) in [4.78, 5) is 11.8. The van der Waals surface area contributed by atoms with Crippen LogP contribution in [0.5, 0.6) is 11.5 Å². The number of aromatic hydroxyl groups is 2. The first kappa shape index (κ1) is 24.3.